The monoisotopic (exact) mass is 250 g/mol. The standard InChI is InChI=1S/C15H26N2O/c1-5-13-9-16-15(4,6-2)11-17(13)10-14-8-7-12(3)18-14/h7-8,13,16H,5-6,9-11H2,1-4H3. The minimum absolute atomic E-state index is 0.243. The second-order valence-corrected chi connectivity index (χ2v) is 5.77. The number of piperazine rings is 1. The molecular formula is C15H26N2O. The highest BCUT2D eigenvalue weighted by Crippen LogP contribution is 2.22. The largest absolute Gasteiger partial charge is 0.465 e. The smallest absolute Gasteiger partial charge is 0.118 e. The Morgan fingerprint density at radius 3 is 2.78 bits per heavy atom. The maximum Gasteiger partial charge on any atom is 0.118 e. The van der Waals surface area contributed by atoms with Gasteiger partial charge in [0.2, 0.25) is 0 Å². The molecule has 0 amide bonds. The molecule has 1 saturated heterocycles. The molecule has 2 atom stereocenters. The van der Waals surface area contributed by atoms with Crippen molar-refractivity contribution in [2.45, 2.75) is 58.7 Å². The lowest BCUT2D eigenvalue weighted by molar-refractivity contribution is 0.0693. The predicted molar refractivity (Wildman–Crippen MR) is 74.6 cm³/mol. The fourth-order valence-corrected chi connectivity index (χ4v) is 2.72. The molecule has 1 aliphatic heterocycles. The third-order valence-corrected chi connectivity index (χ3v) is 4.24. The third kappa shape index (κ3) is 2.96. The maximum absolute atomic E-state index is 5.72. The average molecular weight is 250 g/mol. The van der Waals surface area contributed by atoms with Crippen LogP contribution in [0.15, 0.2) is 16.5 Å². The lowest BCUT2D eigenvalue weighted by atomic mass is 9.92. The van der Waals surface area contributed by atoms with E-state index in [2.05, 4.69) is 43.1 Å². The first-order valence-corrected chi connectivity index (χ1v) is 7.10. The van der Waals surface area contributed by atoms with Gasteiger partial charge in [0.1, 0.15) is 11.5 Å². The van der Waals surface area contributed by atoms with Crippen LogP contribution in [-0.2, 0) is 6.54 Å². The van der Waals surface area contributed by atoms with Gasteiger partial charge in [-0.1, -0.05) is 13.8 Å². The van der Waals surface area contributed by atoms with Crippen LogP contribution in [0.4, 0.5) is 0 Å². The molecule has 3 nitrogen and oxygen atoms in total. The van der Waals surface area contributed by atoms with Crippen molar-refractivity contribution in [2.75, 3.05) is 13.1 Å². The summed E-state index contributed by atoms with van der Waals surface area (Å²) in [6.07, 6.45) is 2.35. The molecule has 1 aromatic heterocycles. The van der Waals surface area contributed by atoms with Crippen LogP contribution in [0.2, 0.25) is 0 Å². The molecule has 18 heavy (non-hydrogen) atoms. The lowest BCUT2D eigenvalue weighted by Crippen LogP contribution is -2.62. The molecule has 0 aromatic carbocycles. The van der Waals surface area contributed by atoms with Gasteiger partial charge in [0.05, 0.1) is 6.54 Å². The Labute approximate surface area is 111 Å². The maximum atomic E-state index is 5.72. The number of hydrogen-bond acceptors (Lipinski definition) is 3. The van der Waals surface area contributed by atoms with Gasteiger partial charge in [0.25, 0.3) is 0 Å². The van der Waals surface area contributed by atoms with E-state index in [0.717, 1.165) is 37.6 Å². The quantitative estimate of drug-likeness (QED) is 0.890. The molecule has 2 rings (SSSR count). The van der Waals surface area contributed by atoms with Crippen molar-refractivity contribution in [1.29, 1.82) is 0 Å². The van der Waals surface area contributed by atoms with Gasteiger partial charge < -0.3 is 9.73 Å². The van der Waals surface area contributed by atoms with Crippen molar-refractivity contribution in [3.63, 3.8) is 0 Å². The molecule has 102 valence electrons. The van der Waals surface area contributed by atoms with Crippen LogP contribution >= 0.6 is 0 Å². The van der Waals surface area contributed by atoms with Gasteiger partial charge in [0, 0.05) is 24.7 Å². The second-order valence-electron chi connectivity index (χ2n) is 5.77. The Morgan fingerprint density at radius 2 is 2.22 bits per heavy atom. The molecule has 0 saturated carbocycles. The summed E-state index contributed by atoms with van der Waals surface area (Å²) in [5.41, 5.74) is 0.243. The second kappa shape index (κ2) is 5.45. The molecule has 1 aliphatic rings. The summed E-state index contributed by atoms with van der Waals surface area (Å²) in [5.74, 6) is 2.10. The fraction of sp³-hybridized carbons (Fsp3) is 0.733. The van der Waals surface area contributed by atoms with Crippen molar-refractivity contribution in [2.24, 2.45) is 0 Å². The van der Waals surface area contributed by atoms with Gasteiger partial charge >= 0.3 is 0 Å². The van der Waals surface area contributed by atoms with E-state index < -0.39 is 0 Å². The Hall–Kier alpha value is -0.800. The van der Waals surface area contributed by atoms with Crippen LogP contribution in [0.1, 0.15) is 45.1 Å². The first kappa shape index (κ1) is 13.6. The van der Waals surface area contributed by atoms with E-state index in [0.29, 0.717) is 6.04 Å². The molecule has 0 spiro atoms. The highest BCUT2D eigenvalue weighted by Gasteiger charge is 2.33. The van der Waals surface area contributed by atoms with E-state index in [1.807, 2.05) is 6.92 Å². The predicted octanol–water partition coefficient (Wildman–Crippen LogP) is 2.94. The Morgan fingerprint density at radius 1 is 1.44 bits per heavy atom. The molecule has 0 bridgehead atoms. The molecule has 1 fully saturated rings. The highest BCUT2D eigenvalue weighted by atomic mass is 16.3. The molecule has 3 heteroatoms. The molecule has 1 aromatic rings. The summed E-state index contributed by atoms with van der Waals surface area (Å²) in [7, 11) is 0. The topological polar surface area (TPSA) is 28.4 Å². The van der Waals surface area contributed by atoms with Crippen LogP contribution in [0.25, 0.3) is 0 Å². The van der Waals surface area contributed by atoms with E-state index in [1.54, 1.807) is 0 Å². The van der Waals surface area contributed by atoms with Crippen molar-refractivity contribution in [1.82, 2.24) is 10.2 Å². The number of furan rings is 1. The minimum Gasteiger partial charge on any atom is -0.465 e. The molecule has 0 radical (unpaired) electrons. The highest BCUT2D eigenvalue weighted by molar-refractivity contribution is 5.06. The summed E-state index contributed by atoms with van der Waals surface area (Å²) in [5, 5.41) is 3.69. The van der Waals surface area contributed by atoms with Gasteiger partial charge in [-0.25, -0.2) is 0 Å². The van der Waals surface area contributed by atoms with Gasteiger partial charge in [0.15, 0.2) is 0 Å². The van der Waals surface area contributed by atoms with E-state index in [4.69, 9.17) is 4.42 Å². The lowest BCUT2D eigenvalue weighted by Gasteiger charge is -2.45. The molecular weight excluding hydrogens is 224 g/mol. The summed E-state index contributed by atoms with van der Waals surface area (Å²) in [6, 6.07) is 4.78. The number of rotatable bonds is 4. The van der Waals surface area contributed by atoms with Gasteiger partial charge in [-0.2, -0.15) is 0 Å². The molecule has 2 unspecified atom stereocenters. The Bertz CT molecular complexity index is 388. The summed E-state index contributed by atoms with van der Waals surface area (Å²) in [4.78, 5) is 2.57. The summed E-state index contributed by atoms with van der Waals surface area (Å²) >= 11 is 0. The summed E-state index contributed by atoms with van der Waals surface area (Å²) < 4.78 is 5.72. The zero-order valence-electron chi connectivity index (χ0n) is 12.1. The van der Waals surface area contributed by atoms with Crippen LogP contribution in [-0.4, -0.2) is 29.6 Å². The SMILES string of the molecule is CCC1CNC(C)(CC)CN1Cc1ccc(C)o1. The number of nitrogens with one attached hydrogen (secondary N) is 1. The van der Waals surface area contributed by atoms with E-state index in [9.17, 15) is 0 Å². The van der Waals surface area contributed by atoms with Gasteiger partial charge in [-0.3, -0.25) is 4.90 Å². The van der Waals surface area contributed by atoms with Crippen LogP contribution in [0.5, 0.6) is 0 Å². The number of nitrogens with zero attached hydrogens (tertiary/aromatic N) is 1. The first-order valence-electron chi connectivity index (χ1n) is 7.10. The van der Waals surface area contributed by atoms with Gasteiger partial charge in [-0.05, 0) is 38.8 Å². The fourth-order valence-electron chi connectivity index (χ4n) is 2.72. The van der Waals surface area contributed by atoms with E-state index >= 15 is 0 Å². The normalized spacial score (nSPS) is 29.7. The van der Waals surface area contributed by atoms with E-state index in [-0.39, 0.29) is 5.54 Å². The van der Waals surface area contributed by atoms with Crippen molar-refractivity contribution >= 4 is 0 Å². The van der Waals surface area contributed by atoms with Crippen molar-refractivity contribution in [3.8, 4) is 0 Å². The van der Waals surface area contributed by atoms with Crippen molar-refractivity contribution < 1.29 is 4.42 Å². The van der Waals surface area contributed by atoms with Crippen LogP contribution < -0.4 is 5.32 Å². The van der Waals surface area contributed by atoms with Crippen LogP contribution in [0.3, 0.4) is 0 Å². The van der Waals surface area contributed by atoms with Gasteiger partial charge in [-0.15, -0.1) is 0 Å². The third-order valence-electron chi connectivity index (χ3n) is 4.24. The van der Waals surface area contributed by atoms with Crippen LogP contribution in [0, 0.1) is 6.92 Å². The number of hydrogen-bond donors (Lipinski definition) is 1. The molecule has 0 aliphatic carbocycles. The Balaban J connectivity index is 2.06. The van der Waals surface area contributed by atoms with Crippen molar-refractivity contribution in [3.05, 3.63) is 23.7 Å². The summed E-state index contributed by atoms with van der Waals surface area (Å²) in [6.45, 7) is 12.0. The molecule has 1 N–H and O–H groups in total. The number of aryl methyl sites for hydroxylation is 1. The average Bonchev–Trinajstić information content (AvgIpc) is 2.75. The minimum atomic E-state index is 0.243. The molecule has 2 heterocycles. The first-order chi connectivity index (χ1) is 8.56. The zero-order chi connectivity index (χ0) is 13.2. The Kier molecular flexibility index (Phi) is 4.13. The zero-order valence-corrected chi connectivity index (χ0v) is 12.1. The van der Waals surface area contributed by atoms with E-state index in [1.165, 1.54) is 6.42 Å².